The Labute approximate surface area is 136 Å². The normalized spacial score (nSPS) is 21.9. The van der Waals surface area contributed by atoms with Gasteiger partial charge in [0, 0.05) is 42.3 Å². The van der Waals surface area contributed by atoms with Crippen molar-refractivity contribution in [2.24, 2.45) is 0 Å². The number of carbonyl (C=O) groups is 2. The Morgan fingerprint density at radius 2 is 1.95 bits per heavy atom. The lowest BCUT2D eigenvalue weighted by molar-refractivity contribution is -0.127. The van der Waals surface area contributed by atoms with E-state index in [4.69, 9.17) is 0 Å². The molecule has 1 N–H and O–H groups in total. The minimum atomic E-state index is -0.0930. The number of nitrogens with one attached hydrogen (secondary N) is 1. The van der Waals surface area contributed by atoms with E-state index in [1.54, 1.807) is 6.08 Å². The molecule has 118 valence electrons. The lowest BCUT2D eigenvalue weighted by Crippen LogP contribution is -2.47. The molecule has 1 aliphatic heterocycles. The highest BCUT2D eigenvalue weighted by Crippen LogP contribution is 2.24. The van der Waals surface area contributed by atoms with Gasteiger partial charge in [-0.15, -0.1) is 0 Å². The standard InChI is InChI=1S/C17H22N2O2S/c1-12-13(2)22-11-10-19(12)17(21)9-6-15-4-7-16(8-5-15)18-14(3)20/h4-9,12-13H,10-11H2,1-3H3,(H,18,20). The van der Waals surface area contributed by atoms with Gasteiger partial charge in [-0.1, -0.05) is 19.1 Å². The van der Waals surface area contributed by atoms with Crippen molar-refractivity contribution in [3.63, 3.8) is 0 Å². The van der Waals surface area contributed by atoms with Crippen molar-refractivity contribution in [3.8, 4) is 0 Å². The number of rotatable bonds is 3. The summed E-state index contributed by atoms with van der Waals surface area (Å²) >= 11 is 1.92. The van der Waals surface area contributed by atoms with Crippen LogP contribution in [0.15, 0.2) is 30.3 Å². The van der Waals surface area contributed by atoms with Gasteiger partial charge in [-0.05, 0) is 30.7 Å². The molecule has 0 aromatic heterocycles. The van der Waals surface area contributed by atoms with Crippen molar-refractivity contribution in [1.82, 2.24) is 4.90 Å². The number of anilines is 1. The molecule has 1 aliphatic rings. The van der Waals surface area contributed by atoms with Gasteiger partial charge in [-0.2, -0.15) is 11.8 Å². The van der Waals surface area contributed by atoms with Gasteiger partial charge in [0.2, 0.25) is 11.8 Å². The Balaban J connectivity index is 1.98. The summed E-state index contributed by atoms with van der Waals surface area (Å²) in [5.41, 5.74) is 1.70. The van der Waals surface area contributed by atoms with Crippen LogP contribution < -0.4 is 5.32 Å². The van der Waals surface area contributed by atoms with Gasteiger partial charge < -0.3 is 10.2 Å². The summed E-state index contributed by atoms with van der Waals surface area (Å²) in [4.78, 5) is 25.2. The molecule has 1 heterocycles. The molecule has 1 aromatic rings. The maximum Gasteiger partial charge on any atom is 0.246 e. The zero-order valence-corrected chi connectivity index (χ0v) is 14.0. The van der Waals surface area contributed by atoms with Crippen LogP contribution in [0.25, 0.3) is 6.08 Å². The van der Waals surface area contributed by atoms with Crippen molar-refractivity contribution in [1.29, 1.82) is 0 Å². The highest BCUT2D eigenvalue weighted by Gasteiger charge is 2.27. The molecule has 1 aromatic carbocycles. The molecule has 22 heavy (non-hydrogen) atoms. The van der Waals surface area contributed by atoms with Crippen molar-refractivity contribution >= 4 is 35.3 Å². The molecule has 2 rings (SSSR count). The largest absolute Gasteiger partial charge is 0.335 e. The third kappa shape index (κ3) is 4.37. The van der Waals surface area contributed by atoms with Crippen molar-refractivity contribution in [2.45, 2.75) is 32.1 Å². The SMILES string of the molecule is CC(=O)Nc1ccc(C=CC(=O)N2CCSC(C)C2C)cc1. The summed E-state index contributed by atoms with van der Waals surface area (Å²) in [7, 11) is 0. The van der Waals surface area contributed by atoms with Gasteiger partial charge >= 0.3 is 0 Å². The second kappa shape index (κ2) is 7.49. The van der Waals surface area contributed by atoms with E-state index in [-0.39, 0.29) is 17.9 Å². The minimum absolute atomic E-state index is 0.0607. The zero-order valence-electron chi connectivity index (χ0n) is 13.2. The van der Waals surface area contributed by atoms with E-state index in [2.05, 4.69) is 19.2 Å². The van der Waals surface area contributed by atoms with Crippen LogP contribution in [0.2, 0.25) is 0 Å². The first-order valence-electron chi connectivity index (χ1n) is 7.45. The van der Waals surface area contributed by atoms with E-state index in [1.807, 2.05) is 47.0 Å². The van der Waals surface area contributed by atoms with E-state index in [0.717, 1.165) is 23.5 Å². The molecule has 5 heteroatoms. The Morgan fingerprint density at radius 1 is 1.27 bits per heavy atom. The third-order valence-corrected chi connectivity index (χ3v) is 5.15. The van der Waals surface area contributed by atoms with E-state index >= 15 is 0 Å². The molecule has 2 atom stereocenters. The molecule has 0 saturated carbocycles. The predicted octanol–water partition coefficient (Wildman–Crippen LogP) is 3.01. The fourth-order valence-corrected chi connectivity index (χ4v) is 3.49. The molecular weight excluding hydrogens is 296 g/mol. The number of benzene rings is 1. The summed E-state index contributed by atoms with van der Waals surface area (Å²) in [5, 5.41) is 3.19. The maximum absolute atomic E-state index is 12.3. The van der Waals surface area contributed by atoms with Gasteiger partial charge in [-0.3, -0.25) is 9.59 Å². The van der Waals surface area contributed by atoms with Crippen LogP contribution in [-0.2, 0) is 9.59 Å². The molecule has 2 unspecified atom stereocenters. The highest BCUT2D eigenvalue weighted by atomic mass is 32.2. The first-order chi connectivity index (χ1) is 10.5. The Bertz CT molecular complexity index is 569. The average molecular weight is 318 g/mol. The summed E-state index contributed by atoms with van der Waals surface area (Å²) < 4.78 is 0. The van der Waals surface area contributed by atoms with Gasteiger partial charge in [0.05, 0.1) is 0 Å². The molecular formula is C17H22N2O2S. The number of nitrogens with zero attached hydrogens (tertiary/aromatic N) is 1. The highest BCUT2D eigenvalue weighted by molar-refractivity contribution is 8.00. The van der Waals surface area contributed by atoms with Crippen LogP contribution >= 0.6 is 11.8 Å². The number of hydrogen-bond acceptors (Lipinski definition) is 3. The summed E-state index contributed by atoms with van der Waals surface area (Å²) in [6.45, 7) is 6.55. The lowest BCUT2D eigenvalue weighted by Gasteiger charge is -2.36. The van der Waals surface area contributed by atoms with Gasteiger partial charge in [0.25, 0.3) is 0 Å². The molecule has 0 radical (unpaired) electrons. The van der Waals surface area contributed by atoms with Crippen LogP contribution in [0.5, 0.6) is 0 Å². The Morgan fingerprint density at radius 3 is 2.59 bits per heavy atom. The van der Waals surface area contributed by atoms with Crippen LogP contribution in [0.3, 0.4) is 0 Å². The van der Waals surface area contributed by atoms with E-state index in [9.17, 15) is 9.59 Å². The van der Waals surface area contributed by atoms with Crippen LogP contribution in [-0.4, -0.2) is 40.3 Å². The first-order valence-corrected chi connectivity index (χ1v) is 8.50. The minimum Gasteiger partial charge on any atom is -0.335 e. The topological polar surface area (TPSA) is 49.4 Å². The molecule has 1 fully saturated rings. The summed E-state index contributed by atoms with van der Waals surface area (Å²) in [6.07, 6.45) is 3.45. The molecule has 0 spiro atoms. The summed E-state index contributed by atoms with van der Waals surface area (Å²) in [5.74, 6) is 0.964. The molecule has 0 aliphatic carbocycles. The number of hydrogen-bond donors (Lipinski definition) is 1. The summed E-state index contributed by atoms with van der Waals surface area (Å²) in [6, 6.07) is 7.68. The van der Waals surface area contributed by atoms with Gasteiger partial charge in [0.15, 0.2) is 0 Å². The Hall–Kier alpha value is -1.75. The monoisotopic (exact) mass is 318 g/mol. The van der Waals surface area contributed by atoms with Crippen LogP contribution in [0.1, 0.15) is 26.3 Å². The smallest absolute Gasteiger partial charge is 0.246 e. The fourth-order valence-electron chi connectivity index (χ4n) is 2.39. The third-order valence-electron chi connectivity index (χ3n) is 3.82. The fraction of sp³-hybridized carbons (Fsp3) is 0.412. The van der Waals surface area contributed by atoms with E-state index in [1.165, 1.54) is 6.92 Å². The molecule has 1 saturated heterocycles. The lowest BCUT2D eigenvalue weighted by atomic mass is 10.1. The molecule has 4 nitrogen and oxygen atoms in total. The van der Waals surface area contributed by atoms with Crippen molar-refractivity contribution < 1.29 is 9.59 Å². The maximum atomic E-state index is 12.3. The quantitative estimate of drug-likeness (QED) is 0.872. The van der Waals surface area contributed by atoms with Gasteiger partial charge in [0.1, 0.15) is 0 Å². The van der Waals surface area contributed by atoms with Crippen molar-refractivity contribution in [3.05, 3.63) is 35.9 Å². The molecule has 2 amide bonds. The predicted molar refractivity (Wildman–Crippen MR) is 92.9 cm³/mol. The van der Waals surface area contributed by atoms with Crippen LogP contribution in [0.4, 0.5) is 5.69 Å². The van der Waals surface area contributed by atoms with Crippen molar-refractivity contribution in [2.75, 3.05) is 17.6 Å². The number of amides is 2. The molecule has 0 bridgehead atoms. The zero-order chi connectivity index (χ0) is 16.1. The average Bonchev–Trinajstić information content (AvgIpc) is 2.48. The number of thioether (sulfide) groups is 1. The first kappa shape index (κ1) is 16.6. The van der Waals surface area contributed by atoms with E-state index in [0.29, 0.717) is 5.25 Å². The van der Waals surface area contributed by atoms with Gasteiger partial charge in [-0.25, -0.2) is 0 Å². The Kier molecular flexibility index (Phi) is 5.66. The second-order valence-corrected chi connectivity index (χ2v) is 6.97. The number of carbonyl (C=O) groups excluding carboxylic acids is 2. The van der Waals surface area contributed by atoms with E-state index < -0.39 is 0 Å². The second-order valence-electron chi connectivity index (χ2n) is 5.48. The van der Waals surface area contributed by atoms with Crippen LogP contribution in [0, 0.1) is 0 Å².